The van der Waals surface area contributed by atoms with Crippen LogP contribution < -0.4 is 20.9 Å². The summed E-state index contributed by atoms with van der Waals surface area (Å²) in [4.78, 5) is 38.7. The summed E-state index contributed by atoms with van der Waals surface area (Å²) in [6.07, 6.45) is 0.987. The predicted molar refractivity (Wildman–Crippen MR) is 125 cm³/mol. The quantitative estimate of drug-likeness (QED) is 0.553. The molecule has 0 saturated carbocycles. The second kappa shape index (κ2) is 9.78. The van der Waals surface area contributed by atoms with Crippen molar-refractivity contribution in [2.45, 2.75) is 12.8 Å². The summed E-state index contributed by atoms with van der Waals surface area (Å²) in [6.45, 7) is 0.872. The third-order valence-corrected chi connectivity index (χ3v) is 5.22. The van der Waals surface area contributed by atoms with Crippen LogP contribution in [0.3, 0.4) is 0 Å². The molecule has 0 aromatic heterocycles. The molecule has 0 spiro atoms. The van der Waals surface area contributed by atoms with Gasteiger partial charge >= 0.3 is 6.03 Å². The van der Waals surface area contributed by atoms with Crippen LogP contribution in [0.5, 0.6) is 0 Å². The highest BCUT2D eigenvalue weighted by molar-refractivity contribution is 6.07. The summed E-state index contributed by atoms with van der Waals surface area (Å²) in [6, 6.07) is 23.5. The molecule has 0 unspecified atom stereocenters. The van der Waals surface area contributed by atoms with E-state index in [1.807, 2.05) is 42.5 Å². The first-order valence-corrected chi connectivity index (χ1v) is 10.5. The largest absolute Gasteiger partial charge is 0.337 e. The van der Waals surface area contributed by atoms with Crippen molar-refractivity contribution in [3.8, 4) is 0 Å². The topological polar surface area (TPSA) is 90.5 Å². The summed E-state index contributed by atoms with van der Waals surface area (Å²) in [5.74, 6) is -0.279. The van der Waals surface area contributed by atoms with Crippen molar-refractivity contribution >= 4 is 34.9 Å². The molecule has 0 fully saturated rings. The summed E-state index contributed by atoms with van der Waals surface area (Å²) >= 11 is 0. The van der Waals surface area contributed by atoms with E-state index in [0.717, 1.165) is 12.1 Å². The van der Waals surface area contributed by atoms with Gasteiger partial charge < -0.3 is 20.9 Å². The fraction of sp³-hybridized carbons (Fsp3) is 0.160. The number of carbonyl (C=O) groups is 3. The van der Waals surface area contributed by atoms with Crippen molar-refractivity contribution in [2.24, 2.45) is 0 Å². The zero-order chi connectivity index (χ0) is 22.3. The van der Waals surface area contributed by atoms with Crippen LogP contribution in [0.25, 0.3) is 0 Å². The van der Waals surface area contributed by atoms with Gasteiger partial charge in [0, 0.05) is 42.1 Å². The number of benzene rings is 3. The molecule has 162 valence electrons. The zero-order valence-corrected chi connectivity index (χ0v) is 17.5. The summed E-state index contributed by atoms with van der Waals surface area (Å²) in [7, 11) is 0. The number of fused-ring (bicyclic) bond motifs is 1. The smallest absolute Gasteiger partial charge is 0.319 e. The Morgan fingerprint density at radius 2 is 1.47 bits per heavy atom. The molecule has 0 saturated heterocycles. The fourth-order valence-electron chi connectivity index (χ4n) is 3.61. The Hall–Kier alpha value is -4.13. The number of hydrogen-bond donors (Lipinski definition) is 3. The van der Waals surface area contributed by atoms with E-state index in [2.05, 4.69) is 16.0 Å². The van der Waals surface area contributed by atoms with Gasteiger partial charge in [-0.1, -0.05) is 36.4 Å². The van der Waals surface area contributed by atoms with Gasteiger partial charge in [0.05, 0.1) is 0 Å². The monoisotopic (exact) mass is 428 g/mol. The lowest BCUT2D eigenvalue weighted by molar-refractivity contribution is -0.116. The standard InChI is InChI=1S/C25H24N4O3/c30-23(14-16-26-25(32)28-20-7-2-1-3-8-20)27-21-12-10-19(11-13-21)24(31)29-17-15-18-6-4-5-9-22(18)29/h1-13H,14-17H2,(H,27,30)(H2,26,28,32). The first-order valence-electron chi connectivity index (χ1n) is 10.5. The van der Waals surface area contributed by atoms with E-state index in [-0.39, 0.29) is 30.8 Å². The fourth-order valence-corrected chi connectivity index (χ4v) is 3.61. The van der Waals surface area contributed by atoms with Crippen molar-refractivity contribution in [1.29, 1.82) is 0 Å². The number of rotatable bonds is 6. The summed E-state index contributed by atoms with van der Waals surface area (Å²) < 4.78 is 0. The second-order valence-electron chi connectivity index (χ2n) is 7.46. The molecule has 0 aliphatic carbocycles. The Morgan fingerprint density at radius 1 is 0.781 bits per heavy atom. The predicted octanol–water partition coefficient (Wildman–Crippen LogP) is 4.04. The maximum atomic E-state index is 12.9. The Labute approximate surface area is 186 Å². The van der Waals surface area contributed by atoms with Crippen molar-refractivity contribution in [3.63, 3.8) is 0 Å². The maximum absolute atomic E-state index is 12.9. The Kier molecular flexibility index (Phi) is 6.46. The van der Waals surface area contributed by atoms with Gasteiger partial charge in [-0.15, -0.1) is 0 Å². The first kappa shape index (κ1) is 21.1. The molecule has 3 aromatic carbocycles. The maximum Gasteiger partial charge on any atom is 0.319 e. The van der Waals surface area contributed by atoms with Crippen LogP contribution in [0.15, 0.2) is 78.9 Å². The van der Waals surface area contributed by atoms with Crippen molar-refractivity contribution in [1.82, 2.24) is 5.32 Å². The highest BCUT2D eigenvalue weighted by Crippen LogP contribution is 2.29. The van der Waals surface area contributed by atoms with Gasteiger partial charge in [0.1, 0.15) is 0 Å². The molecule has 0 radical (unpaired) electrons. The lowest BCUT2D eigenvalue weighted by atomic mass is 10.1. The van der Waals surface area contributed by atoms with E-state index in [1.165, 1.54) is 5.56 Å². The van der Waals surface area contributed by atoms with E-state index in [0.29, 0.717) is 23.5 Å². The minimum absolute atomic E-state index is 0.0542. The van der Waals surface area contributed by atoms with Gasteiger partial charge in [0.15, 0.2) is 0 Å². The minimum Gasteiger partial charge on any atom is -0.337 e. The summed E-state index contributed by atoms with van der Waals surface area (Å²) in [5.41, 5.74) is 3.98. The molecule has 3 N–H and O–H groups in total. The van der Waals surface area contributed by atoms with Gasteiger partial charge in [-0.3, -0.25) is 9.59 Å². The van der Waals surface area contributed by atoms with E-state index in [4.69, 9.17) is 0 Å². The Balaban J connectivity index is 1.24. The third kappa shape index (κ3) is 5.13. The molecule has 4 rings (SSSR count). The number of urea groups is 1. The van der Waals surface area contributed by atoms with E-state index in [9.17, 15) is 14.4 Å². The van der Waals surface area contributed by atoms with E-state index in [1.54, 1.807) is 41.3 Å². The van der Waals surface area contributed by atoms with Gasteiger partial charge in [0.2, 0.25) is 5.91 Å². The number of anilines is 3. The second-order valence-corrected chi connectivity index (χ2v) is 7.46. The lowest BCUT2D eigenvalue weighted by Crippen LogP contribution is -2.31. The average molecular weight is 428 g/mol. The number of nitrogens with one attached hydrogen (secondary N) is 3. The van der Waals surface area contributed by atoms with Crippen LogP contribution in [0, 0.1) is 0 Å². The molecule has 0 bridgehead atoms. The van der Waals surface area contributed by atoms with E-state index < -0.39 is 0 Å². The number of carbonyl (C=O) groups excluding carboxylic acids is 3. The molecule has 4 amide bonds. The van der Waals surface area contributed by atoms with Crippen LogP contribution in [0.2, 0.25) is 0 Å². The van der Waals surface area contributed by atoms with Gasteiger partial charge in [0.25, 0.3) is 5.91 Å². The van der Waals surface area contributed by atoms with Gasteiger partial charge in [-0.2, -0.15) is 0 Å². The van der Waals surface area contributed by atoms with Crippen LogP contribution in [0.1, 0.15) is 22.3 Å². The molecular formula is C25H24N4O3. The molecule has 1 aliphatic rings. The van der Waals surface area contributed by atoms with Gasteiger partial charge in [-0.05, 0) is 54.4 Å². The SMILES string of the molecule is O=C(CCNC(=O)Nc1ccccc1)Nc1ccc(C(=O)N2CCc3ccccc32)cc1. The van der Waals surface area contributed by atoms with Crippen LogP contribution in [-0.2, 0) is 11.2 Å². The molecule has 3 aromatic rings. The first-order chi connectivity index (χ1) is 15.6. The molecular weight excluding hydrogens is 404 g/mol. The molecule has 1 aliphatic heterocycles. The van der Waals surface area contributed by atoms with Crippen LogP contribution in [-0.4, -0.2) is 30.9 Å². The normalized spacial score (nSPS) is 12.1. The van der Waals surface area contributed by atoms with Crippen molar-refractivity contribution in [2.75, 3.05) is 28.6 Å². The molecule has 32 heavy (non-hydrogen) atoms. The zero-order valence-electron chi connectivity index (χ0n) is 17.5. The Bertz CT molecular complexity index is 1110. The third-order valence-electron chi connectivity index (χ3n) is 5.22. The number of amides is 4. The number of hydrogen-bond acceptors (Lipinski definition) is 3. The molecule has 7 nitrogen and oxygen atoms in total. The van der Waals surface area contributed by atoms with Gasteiger partial charge in [-0.25, -0.2) is 4.79 Å². The highest BCUT2D eigenvalue weighted by atomic mass is 16.2. The van der Waals surface area contributed by atoms with E-state index >= 15 is 0 Å². The van der Waals surface area contributed by atoms with Crippen molar-refractivity contribution < 1.29 is 14.4 Å². The Morgan fingerprint density at radius 3 is 2.25 bits per heavy atom. The average Bonchev–Trinajstić information content (AvgIpc) is 3.24. The number of nitrogens with zero attached hydrogens (tertiary/aromatic N) is 1. The van der Waals surface area contributed by atoms with Crippen molar-refractivity contribution in [3.05, 3.63) is 90.0 Å². The lowest BCUT2D eigenvalue weighted by Gasteiger charge is -2.17. The van der Waals surface area contributed by atoms with Crippen LogP contribution >= 0.6 is 0 Å². The molecule has 7 heteroatoms. The minimum atomic E-state index is -0.365. The van der Waals surface area contributed by atoms with Crippen LogP contribution in [0.4, 0.5) is 21.9 Å². The highest BCUT2D eigenvalue weighted by Gasteiger charge is 2.24. The molecule has 0 atom stereocenters. The molecule has 1 heterocycles. The number of para-hydroxylation sites is 2. The summed E-state index contributed by atoms with van der Waals surface area (Å²) in [5, 5.41) is 8.13.